The van der Waals surface area contributed by atoms with Gasteiger partial charge in [-0.05, 0) is 64.2 Å². The van der Waals surface area contributed by atoms with Crippen molar-refractivity contribution >= 4 is 0 Å². The van der Waals surface area contributed by atoms with Crippen molar-refractivity contribution in [1.82, 2.24) is 26.6 Å². The molecule has 5 nitrogen and oxygen atoms in total. The van der Waals surface area contributed by atoms with Crippen molar-refractivity contribution in [1.29, 1.82) is 0 Å². The zero-order chi connectivity index (χ0) is 15.2. The maximum absolute atomic E-state index is 3.96. The summed E-state index contributed by atoms with van der Waals surface area (Å²) in [5.41, 5.74) is 0. The van der Waals surface area contributed by atoms with Crippen LogP contribution in [0.25, 0.3) is 0 Å². The first-order valence-corrected chi connectivity index (χ1v) is 10.1. The summed E-state index contributed by atoms with van der Waals surface area (Å²) in [4.78, 5) is 0. The second kappa shape index (κ2) is 6.26. The van der Waals surface area contributed by atoms with Crippen LogP contribution < -0.4 is 26.6 Å². The summed E-state index contributed by atoms with van der Waals surface area (Å²) < 4.78 is 0. The minimum Gasteiger partial charge on any atom is -0.311 e. The van der Waals surface area contributed by atoms with E-state index in [2.05, 4.69) is 26.6 Å². The lowest BCUT2D eigenvalue weighted by Crippen LogP contribution is -2.53. The molecule has 23 heavy (non-hydrogen) atoms. The predicted octanol–water partition coefficient (Wildman–Crippen LogP) is 0.767. The molecule has 5 aliphatic heterocycles. The van der Waals surface area contributed by atoms with Crippen LogP contribution in [0.4, 0.5) is 0 Å². The van der Waals surface area contributed by atoms with E-state index in [0.717, 1.165) is 18.1 Å². The zero-order valence-corrected chi connectivity index (χ0v) is 14.2. The standard InChI is InChI=1S/C18H33N5/c1-2-12-10-14-4-7-17(21-14)23-18-8-6-16(22-18)15-5-3-13(20-15)9-11(1)19-12/h11-23H,1-10H2. The number of nitrogens with one attached hydrogen (secondary N) is 5. The molecule has 0 saturated carbocycles. The second-order valence-electron chi connectivity index (χ2n) is 8.72. The molecule has 5 saturated heterocycles. The van der Waals surface area contributed by atoms with Gasteiger partial charge in [-0.3, -0.25) is 16.0 Å². The fourth-order valence-corrected chi connectivity index (χ4v) is 5.91. The molecule has 0 aromatic rings. The van der Waals surface area contributed by atoms with E-state index in [4.69, 9.17) is 0 Å². The average Bonchev–Trinajstić information content (AvgIpc) is 3.28. The van der Waals surface area contributed by atoms with Gasteiger partial charge >= 0.3 is 0 Å². The second-order valence-corrected chi connectivity index (χ2v) is 8.72. The van der Waals surface area contributed by atoms with Crippen molar-refractivity contribution in [2.75, 3.05) is 0 Å². The van der Waals surface area contributed by atoms with Crippen molar-refractivity contribution in [3.8, 4) is 0 Å². The van der Waals surface area contributed by atoms with Gasteiger partial charge in [-0.2, -0.15) is 0 Å². The molecule has 5 heteroatoms. The minimum atomic E-state index is 0.511. The first kappa shape index (κ1) is 15.1. The Labute approximate surface area is 140 Å². The van der Waals surface area contributed by atoms with Crippen molar-refractivity contribution in [3.05, 3.63) is 0 Å². The third-order valence-electron chi connectivity index (χ3n) is 7.06. The molecule has 5 fully saturated rings. The van der Waals surface area contributed by atoms with Gasteiger partial charge in [0.25, 0.3) is 0 Å². The van der Waals surface area contributed by atoms with Crippen LogP contribution in [0.3, 0.4) is 0 Å². The average molecular weight is 319 g/mol. The summed E-state index contributed by atoms with van der Waals surface area (Å²) in [6, 6.07) is 4.31. The normalized spacial score (nSPS) is 53.2. The molecule has 5 aliphatic rings. The van der Waals surface area contributed by atoms with Gasteiger partial charge in [0, 0.05) is 36.3 Å². The maximum atomic E-state index is 3.96. The van der Waals surface area contributed by atoms with Gasteiger partial charge in [0.05, 0.1) is 12.3 Å². The molecule has 0 radical (unpaired) electrons. The van der Waals surface area contributed by atoms with Gasteiger partial charge in [0.2, 0.25) is 0 Å². The molecule has 5 N–H and O–H groups in total. The predicted molar refractivity (Wildman–Crippen MR) is 92.2 cm³/mol. The Hall–Kier alpha value is -0.200. The van der Waals surface area contributed by atoms with Crippen molar-refractivity contribution in [2.24, 2.45) is 0 Å². The molecule has 5 heterocycles. The number of fused-ring (bicyclic) bond motifs is 9. The van der Waals surface area contributed by atoms with Crippen molar-refractivity contribution in [3.63, 3.8) is 0 Å². The Morgan fingerprint density at radius 3 is 1.78 bits per heavy atom. The van der Waals surface area contributed by atoms with E-state index in [1.54, 1.807) is 0 Å². The highest BCUT2D eigenvalue weighted by atomic mass is 15.3. The van der Waals surface area contributed by atoms with Gasteiger partial charge < -0.3 is 10.6 Å². The largest absolute Gasteiger partial charge is 0.311 e. The Bertz CT molecular complexity index is 392. The lowest BCUT2D eigenvalue weighted by molar-refractivity contribution is 0.341. The molecule has 130 valence electrons. The molecule has 8 bridgehead atoms. The molecule has 0 aliphatic carbocycles. The number of hydrogen-bond acceptors (Lipinski definition) is 5. The molecule has 0 aromatic heterocycles. The maximum Gasteiger partial charge on any atom is 0.0586 e. The fraction of sp³-hybridized carbons (Fsp3) is 1.00. The molecule has 0 spiro atoms. The van der Waals surface area contributed by atoms with Crippen LogP contribution in [0.1, 0.15) is 64.2 Å². The van der Waals surface area contributed by atoms with E-state index in [9.17, 15) is 0 Å². The molecular weight excluding hydrogens is 286 g/mol. The summed E-state index contributed by atoms with van der Waals surface area (Å²) in [6.07, 6.45) is 14.4. The monoisotopic (exact) mass is 319 g/mol. The smallest absolute Gasteiger partial charge is 0.0586 e. The van der Waals surface area contributed by atoms with Crippen LogP contribution in [-0.2, 0) is 0 Å². The van der Waals surface area contributed by atoms with E-state index < -0.39 is 0 Å². The molecule has 0 amide bonds. The van der Waals surface area contributed by atoms with E-state index in [1.807, 2.05) is 0 Å². The highest BCUT2D eigenvalue weighted by Gasteiger charge is 2.38. The molecule has 0 aromatic carbocycles. The summed E-state index contributed by atoms with van der Waals surface area (Å²) in [5.74, 6) is 0. The molecule has 8 unspecified atom stereocenters. The van der Waals surface area contributed by atoms with Gasteiger partial charge in [-0.1, -0.05) is 0 Å². The number of hydrogen-bond donors (Lipinski definition) is 5. The van der Waals surface area contributed by atoms with E-state index in [1.165, 1.54) is 64.2 Å². The lowest BCUT2D eigenvalue weighted by atomic mass is 10.0. The first-order chi connectivity index (χ1) is 11.3. The van der Waals surface area contributed by atoms with Gasteiger partial charge in [-0.15, -0.1) is 0 Å². The first-order valence-electron chi connectivity index (χ1n) is 10.1. The van der Waals surface area contributed by atoms with Gasteiger partial charge in [0.1, 0.15) is 0 Å². The van der Waals surface area contributed by atoms with Crippen LogP contribution >= 0.6 is 0 Å². The third kappa shape index (κ3) is 3.19. The summed E-state index contributed by atoms with van der Waals surface area (Å²) >= 11 is 0. The minimum absolute atomic E-state index is 0.511. The van der Waals surface area contributed by atoms with Crippen LogP contribution in [0.15, 0.2) is 0 Å². The van der Waals surface area contributed by atoms with Crippen LogP contribution in [0, 0.1) is 0 Å². The van der Waals surface area contributed by atoms with E-state index in [0.29, 0.717) is 30.5 Å². The Kier molecular flexibility index (Phi) is 4.11. The lowest BCUT2D eigenvalue weighted by Gasteiger charge is -2.25. The molecule has 8 atom stereocenters. The third-order valence-corrected chi connectivity index (χ3v) is 7.06. The summed E-state index contributed by atoms with van der Waals surface area (Å²) in [7, 11) is 0. The SMILES string of the molecule is C1CC2CC3CCC(N3)C3CCC(NC4CCC(CC1N2)N4)N3. The van der Waals surface area contributed by atoms with Crippen molar-refractivity contribution < 1.29 is 0 Å². The van der Waals surface area contributed by atoms with E-state index in [-0.39, 0.29) is 0 Å². The highest BCUT2D eigenvalue weighted by molar-refractivity contribution is 5.00. The van der Waals surface area contributed by atoms with Gasteiger partial charge in [-0.25, -0.2) is 0 Å². The summed E-state index contributed by atoms with van der Waals surface area (Å²) in [6.45, 7) is 0. The fourth-order valence-electron chi connectivity index (χ4n) is 5.91. The van der Waals surface area contributed by atoms with Crippen LogP contribution in [-0.4, -0.2) is 48.6 Å². The zero-order valence-electron chi connectivity index (χ0n) is 14.2. The summed E-state index contributed by atoms with van der Waals surface area (Å²) in [5, 5.41) is 19.5. The number of rotatable bonds is 0. The Morgan fingerprint density at radius 2 is 0.913 bits per heavy atom. The Morgan fingerprint density at radius 1 is 0.391 bits per heavy atom. The molecular formula is C18H33N5. The highest BCUT2D eigenvalue weighted by Crippen LogP contribution is 2.29. The molecule has 5 rings (SSSR count). The Balaban J connectivity index is 1.30. The van der Waals surface area contributed by atoms with E-state index >= 15 is 0 Å². The van der Waals surface area contributed by atoms with Crippen LogP contribution in [0.2, 0.25) is 0 Å². The van der Waals surface area contributed by atoms with Crippen molar-refractivity contribution in [2.45, 2.75) is 113 Å². The van der Waals surface area contributed by atoms with Gasteiger partial charge in [0.15, 0.2) is 0 Å². The topological polar surface area (TPSA) is 60.1 Å². The van der Waals surface area contributed by atoms with Crippen LogP contribution in [0.5, 0.6) is 0 Å². The quantitative estimate of drug-likeness (QED) is 0.457.